The summed E-state index contributed by atoms with van der Waals surface area (Å²) in [6.45, 7) is 5.91. The van der Waals surface area contributed by atoms with E-state index in [4.69, 9.17) is 18.9 Å². The van der Waals surface area contributed by atoms with Gasteiger partial charge in [0.1, 0.15) is 6.61 Å². The van der Waals surface area contributed by atoms with Gasteiger partial charge in [0, 0.05) is 6.61 Å². The highest BCUT2D eigenvalue weighted by Gasteiger charge is 2.04. The summed E-state index contributed by atoms with van der Waals surface area (Å²) >= 11 is 0. The number of hydrogen-bond donors (Lipinski definition) is 0. The Morgan fingerprint density at radius 1 is 0.643 bits per heavy atom. The number of rotatable bonds is 19. The van der Waals surface area contributed by atoms with E-state index in [0.717, 1.165) is 13.0 Å². The van der Waals surface area contributed by atoms with Crippen molar-refractivity contribution in [2.75, 3.05) is 46.2 Å². The normalized spacial score (nSPS) is 10.9. The first kappa shape index (κ1) is 24.6. The molecule has 0 saturated heterocycles. The predicted octanol–water partition coefficient (Wildman–Crippen LogP) is 5.03. The van der Waals surface area contributed by atoms with Crippen molar-refractivity contribution < 1.29 is 23.7 Å². The largest absolute Gasteiger partial charge is 0.460 e. The van der Waals surface area contributed by atoms with Crippen molar-refractivity contribution in [1.29, 1.82) is 0 Å². The number of carbonyl (C=O) groups is 1. The van der Waals surface area contributed by atoms with Crippen LogP contribution in [-0.2, 0) is 18.9 Å². The Morgan fingerprint density at radius 2 is 1.14 bits per heavy atom. The fourth-order valence-electron chi connectivity index (χ4n) is 2.73. The van der Waals surface area contributed by atoms with E-state index in [1.807, 2.05) is 18.2 Å². The van der Waals surface area contributed by atoms with E-state index in [-0.39, 0.29) is 12.6 Å². The smallest absolute Gasteiger partial charge is 0.338 e. The molecule has 0 saturated carbocycles. The van der Waals surface area contributed by atoms with Crippen LogP contribution in [0.1, 0.15) is 68.6 Å². The maximum Gasteiger partial charge on any atom is 0.338 e. The van der Waals surface area contributed by atoms with Gasteiger partial charge < -0.3 is 18.9 Å². The van der Waals surface area contributed by atoms with Crippen LogP contribution in [0.25, 0.3) is 0 Å². The molecule has 1 rings (SSSR count). The molecule has 5 heteroatoms. The number of benzene rings is 1. The van der Waals surface area contributed by atoms with Gasteiger partial charge in [-0.3, -0.25) is 0 Å². The Labute approximate surface area is 170 Å². The van der Waals surface area contributed by atoms with Crippen molar-refractivity contribution in [3.8, 4) is 0 Å². The van der Waals surface area contributed by atoms with E-state index in [1.54, 1.807) is 12.1 Å². The summed E-state index contributed by atoms with van der Waals surface area (Å²) in [7, 11) is 0. The van der Waals surface area contributed by atoms with E-state index in [2.05, 4.69) is 6.92 Å². The summed E-state index contributed by atoms with van der Waals surface area (Å²) in [4.78, 5) is 11.7. The molecule has 0 aromatic heterocycles. The van der Waals surface area contributed by atoms with Gasteiger partial charge >= 0.3 is 5.97 Å². The molecule has 28 heavy (non-hydrogen) atoms. The molecule has 0 radical (unpaired) electrons. The topological polar surface area (TPSA) is 54.0 Å². The molecule has 0 atom stereocenters. The summed E-state index contributed by atoms with van der Waals surface area (Å²) < 4.78 is 21.5. The molecule has 1 aromatic rings. The fourth-order valence-corrected chi connectivity index (χ4v) is 2.73. The minimum atomic E-state index is -0.325. The molecule has 5 nitrogen and oxygen atoms in total. The fraction of sp³-hybridized carbons (Fsp3) is 0.696. The first-order valence-corrected chi connectivity index (χ1v) is 10.8. The van der Waals surface area contributed by atoms with Crippen LogP contribution in [0.3, 0.4) is 0 Å². The van der Waals surface area contributed by atoms with Crippen LogP contribution in [0.15, 0.2) is 30.3 Å². The number of unbranched alkanes of at least 4 members (excludes halogenated alkanes) is 7. The summed E-state index contributed by atoms with van der Waals surface area (Å²) in [5.74, 6) is -0.325. The summed E-state index contributed by atoms with van der Waals surface area (Å²) in [6.07, 6.45) is 10.5. The number of carbonyl (C=O) groups excluding carboxylic acids is 1. The maximum atomic E-state index is 11.7. The number of ether oxygens (including phenoxy) is 4. The molecule has 0 aliphatic rings. The monoisotopic (exact) mass is 394 g/mol. The van der Waals surface area contributed by atoms with Gasteiger partial charge in [0.2, 0.25) is 0 Å². The Bertz CT molecular complexity index is 463. The summed E-state index contributed by atoms with van der Waals surface area (Å²) in [6, 6.07) is 8.94. The molecule has 0 bridgehead atoms. The third kappa shape index (κ3) is 14.6. The minimum Gasteiger partial charge on any atom is -0.460 e. The Hall–Kier alpha value is -1.43. The Morgan fingerprint density at radius 3 is 1.75 bits per heavy atom. The molecule has 0 spiro atoms. The minimum absolute atomic E-state index is 0.245. The van der Waals surface area contributed by atoms with E-state index >= 15 is 0 Å². The SMILES string of the molecule is CCCCCCCCCCOCCOCCOCCOC(=O)c1ccccc1. The highest BCUT2D eigenvalue weighted by molar-refractivity contribution is 5.89. The molecule has 1 aromatic carbocycles. The zero-order chi connectivity index (χ0) is 20.1. The number of hydrogen-bond acceptors (Lipinski definition) is 5. The zero-order valence-electron chi connectivity index (χ0n) is 17.5. The van der Waals surface area contributed by atoms with Crippen LogP contribution in [0.5, 0.6) is 0 Å². The second-order valence-electron chi connectivity index (χ2n) is 6.81. The molecule has 0 amide bonds. The van der Waals surface area contributed by atoms with Gasteiger partial charge in [-0.1, -0.05) is 70.1 Å². The third-order valence-corrected chi connectivity index (χ3v) is 4.36. The third-order valence-electron chi connectivity index (χ3n) is 4.36. The van der Waals surface area contributed by atoms with Crippen LogP contribution in [-0.4, -0.2) is 52.2 Å². The molecule has 0 fully saturated rings. The molecule has 160 valence electrons. The molecular weight excluding hydrogens is 356 g/mol. The van der Waals surface area contributed by atoms with Gasteiger partial charge in [-0.25, -0.2) is 4.79 Å². The van der Waals surface area contributed by atoms with Crippen LogP contribution in [0.2, 0.25) is 0 Å². The maximum absolute atomic E-state index is 11.7. The Balaban J connectivity index is 1.74. The molecule has 0 N–H and O–H groups in total. The highest BCUT2D eigenvalue weighted by atomic mass is 16.6. The lowest BCUT2D eigenvalue weighted by molar-refractivity contribution is 0.000184. The summed E-state index contributed by atoms with van der Waals surface area (Å²) in [5, 5.41) is 0. The second-order valence-corrected chi connectivity index (χ2v) is 6.81. The van der Waals surface area contributed by atoms with Crippen molar-refractivity contribution in [3.05, 3.63) is 35.9 Å². The average Bonchev–Trinajstić information content (AvgIpc) is 2.73. The molecule has 0 unspecified atom stereocenters. The van der Waals surface area contributed by atoms with E-state index in [1.165, 1.54) is 44.9 Å². The lowest BCUT2D eigenvalue weighted by Gasteiger charge is -2.08. The quantitative estimate of drug-likeness (QED) is 0.243. The first-order chi connectivity index (χ1) is 13.8. The standard InChI is InChI=1S/C23H38O5/c1-2-3-4-5-6-7-8-12-15-25-16-17-26-18-19-27-20-21-28-23(24)22-13-10-9-11-14-22/h9-11,13-14H,2-8,12,15-21H2,1H3. The van der Waals surface area contributed by atoms with Crippen molar-refractivity contribution in [2.24, 2.45) is 0 Å². The molecule has 0 heterocycles. The van der Waals surface area contributed by atoms with E-state index < -0.39 is 0 Å². The average molecular weight is 395 g/mol. The van der Waals surface area contributed by atoms with Crippen LogP contribution in [0, 0.1) is 0 Å². The molecular formula is C23H38O5. The highest BCUT2D eigenvalue weighted by Crippen LogP contribution is 2.08. The van der Waals surface area contributed by atoms with Gasteiger partial charge in [-0.05, 0) is 18.6 Å². The van der Waals surface area contributed by atoms with Crippen molar-refractivity contribution in [2.45, 2.75) is 58.3 Å². The van der Waals surface area contributed by atoms with Crippen LogP contribution in [0.4, 0.5) is 0 Å². The van der Waals surface area contributed by atoms with E-state index in [9.17, 15) is 4.79 Å². The number of esters is 1. The zero-order valence-corrected chi connectivity index (χ0v) is 17.5. The second kappa shape index (κ2) is 18.9. The van der Waals surface area contributed by atoms with Gasteiger partial charge in [0.05, 0.1) is 38.6 Å². The Kier molecular flexibility index (Phi) is 16.6. The lowest BCUT2D eigenvalue weighted by Crippen LogP contribution is -2.14. The van der Waals surface area contributed by atoms with Crippen molar-refractivity contribution in [3.63, 3.8) is 0 Å². The summed E-state index contributed by atoms with van der Waals surface area (Å²) in [5.41, 5.74) is 0.554. The predicted molar refractivity (Wildman–Crippen MR) is 112 cm³/mol. The van der Waals surface area contributed by atoms with Crippen molar-refractivity contribution in [1.82, 2.24) is 0 Å². The van der Waals surface area contributed by atoms with Gasteiger partial charge in [0.25, 0.3) is 0 Å². The first-order valence-electron chi connectivity index (χ1n) is 10.8. The van der Waals surface area contributed by atoms with Gasteiger partial charge in [-0.2, -0.15) is 0 Å². The van der Waals surface area contributed by atoms with Gasteiger partial charge in [-0.15, -0.1) is 0 Å². The van der Waals surface area contributed by atoms with Crippen LogP contribution < -0.4 is 0 Å². The van der Waals surface area contributed by atoms with Crippen molar-refractivity contribution >= 4 is 5.97 Å². The van der Waals surface area contributed by atoms with Crippen LogP contribution >= 0.6 is 0 Å². The van der Waals surface area contributed by atoms with E-state index in [0.29, 0.717) is 38.6 Å². The molecule has 0 aliphatic heterocycles. The molecule has 0 aliphatic carbocycles. The lowest BCUT2D eigenvalue weighted by atomic mass is 10.1. The van der Waals surface area contributed by atoms with Gasteiger partial charge in [0.15, 0.2) is 0 Å².